The predicted octanol–water partition coefficient (Wildman–Crippen LogP) is 2.49. The number of aromatic nitrogens is 2. The maximum Gasteiger partial charge on any atom is 0.255 e. The van der Waals surface area contributed by atoms with Crippen LogP contribution in [0.25, 0.3) is 0 Å². The number of nitrogens with one attached hydrogen (secondary N) is 1. The molecule has 0 aromatic carbocycles. The molecule has 100 valence electrons. The zero-order valence-electron chi connectivity index (χ0n) is 10.7. The van der Waals surface area contributed by atoms with Crippen molar-refractivity contribution in [3.05, 3.63) is 11.9 Å². The van der Waals surface area contributed by atoms with Gasteiger partial charge in [0.1, 0.15) is 17.5 Å². The Balaban J connectivity index is 2.21. The smallest absolute Gasteiger partial charge is 0.255 e. The van der Waals surface area contributed by atoms with Gasteiger partial charge in [-0.15, -0.1) is 0 Å². The highest BCUT2D eigenvalue weighted by Crippen LogP contribution is 2.39. The number of hydrogen-bond donors (Lipinski definition) is 1. The molecule has 18 heavy (non-hydrogen) atoms. The van der Waals surface area contributed by atoms with Gasteiger partial charge in [0.2, 0.25) is 0 Å². The average molecular weight is 256 g/mol. The second kappa shape index (κ2) is 5.46. The first kappa shape index (κ1) is 13.0. The quantitative estimate of drug-likeness (QED) is 0.849. The number of halogens is 2. The fraction of sp³-hybridized carbons (Fsp3) is 0.667. The minimum absolute atomic E-state index is 0.313. The molecule has 0 radical (unpaired) electrons. The highest BCUT2D eigenvalue weighted by atomic mass is 19.3. The van der Waals surface area contributed by atoms with Crippen molar-refractivity contribution in [2.45, 2.75) is 32.1 Å². The van der Waals surface area contributed by atoms with Crippen LogP contribution in [0, 0.1) is 0 Å². The SMILES string of the molecule is CCNc1cc(N(C)CC(F)F)nc(C2CC2)n1. The van der Waals surface area contributed by atoms with Crippen LogP contribution in [0.3, 0.4) is 0 Å². The van der Waals surface area contributed by atoms with Crippen LogP contribution in [0.5, 0.6) is 0 Å². The van der Waals surface area contributed by atoms with Crippen LogP contribution in [0.2, 0.25) is 0 Å². The largest absolute Gasteiger partial charge is 0.370 e. The predicted molar refractivity (Wildman–Crippen MR) is 67.4 cm³/mol. The van der Waals surface area contributed by atoms with E-state index in [0.717, 1.165) is 25.2 Å². The molecule has 1 aliphatic rings. The van der Waals surface area contributed by atoms with Crippen molar-refractivity contribution >= 4 is 11.6 Å². The molecule has 0 bridgehead atoms. The minimum atomic E-state index is -2.36. The lowest BCUT2D eigenvalue weighted by molar-refractivity contribution is 0.156. The standard InChI is InChI=1S/C12H18F2N4/c1-3-15-10-6-11(18(2)7-9(13)14)17-12(16-10)8-4-5-8/h6,8-9H,3-5,7H2,1-2H3,(H,15,16,17). The van der Waals surface area contributed by atoms with Crippen LogP contribution in [-0.4, -0.2) is 36.5 Å². The number of rotatable bonds is 6. The first-order valence-corrected chi connectivity index (χ1v) is 6.22. The van der Waals surface area contributed by atoms with Gasteiger partial charge >= 0.3 is 0 Å². The molecule has 4 nitrogen and oxygen atoms in total. The maximum absolute atomic E-state index is 12.4. The Morgan fingerprint density at radius 2 is 2.17 bits per heavy atom. The summed E-state index contributed by atoms with van der Waals surface area (Å²) in [6.45, 7) is 2.41. The van der Waals surface area contributed by atoms with E-state index in [4.69, 9.17) is 0 Å². The Kier molecular flexibility index (Phi) is 3.93. The van der Waals surface area contributed by atoms with E-state index in [1.165, 1.54) is 4.90 Å². The van der Waals surface area contributed by atoms with Crippen molar-refractivity contribution in [3.63, 3.8) is 0 Å². The number of nitrogens with zero attached hydrogens (tertiary/aromatic N) is 3. The summed E-state index contributed by atoms with van der Waals surface area (Å²) >= 11 is 0. The Bertz CT molecular complexity index is 407. The van der Waals surface area contributed by atoms with E-state index in [1.807, 2.05) is 6.92 Å². The van der Waals surface area contributed by atoms with Crippen molar-refractivity contribution in [1.29, 1.82) is 0 Å². The number of anilines is 2. The molecule has 0 unspecified atom stereocenters. The summed E-state index contributed by atoms with van der Waals surface area (Å²) in [5.74, 6) is 2.44. The van der Waals surface area contributed by atoms with Crippen molar-refractivity contribution in [3.8, 4) is 0 Å². The van der Waals surface area contributed by atoms with Crippen LogP contribution in [0.1, 0.15) is 31.5 Å². The first-order chi connectivity index (χ1) is 8.60. The highest BCUT2D eigenvalue weighted by Gasteiger charge is 2.27. The lowest BCUT2D eigenvalue weighted by Crippen LogP contribution is -2.25. The molecule has 1 heterocycles. The summed E-state index contributed by atoms with van der Waals surface area (Å²) in [6, 6.07) is 1.72. The molecule has 2 rings (SSSR count). The summed E-state index contributed by atoms with van der Waals surface area (Å²) in [7, 11) is 1.63. The van der Waals surface area contributed by atoms with Crippen LogP contribution >= 0.6 is 0 Å². The van der Waals surface area contributed by atoms with Gasteiger partial charge in [-0.3, -0.25) is 0 Å². The molecular weight excluding hydrogens is 238 g/mol. The zero-order chi connectivity index (χ0) is 13.1. The van der Waals surface area contributed by atoms with E-state index in [0.29, 0.717) is 17.6 Å². The third-order valence-electron chi connectivity index (χ3n) is 2.83. The molecule has 1 aromatic heterocycles. The van der Waals surface area contributed by atoms with Gasteiger partial charge in [0.25, 0.3) is 6.43 Å². The van der Waals surface area contributed by atoms with Gasteiger partial charge in [0.05, 0.1) is 6.54 Å². The summed E-state index contributed by atoms with van der Waals surface area (Å²) in [5, 5.41) is 3.11. The molecule has 0 amide bonds. The summed E-state index contributed by atoms with van der Waals surface area (Å²) in [6.07, 6.45) is -0.182. The molecule has 0 aliphatic heterocycles. The van der Waals surface area contributed by atoms with Crippen LogP contribution in [0.4, 0.5) is 20.4 Å². The fourth-order valence-corrected chi connectivity index (χ4v) is 1.74. The Morgan fingerprint density at radius 1 is 1.44 bits per heavy atom. The van der Waals surface area contributed by atoms with Gasteiger partial charge in [0, 0.05) is 25.6 Å². The molecule has 1 aromatic rings. The van der Waals surface area contributed by atoms with Gasteiger partial charge in [-0.25, -0.2) is 18.7 Å². The third kappa shape index (κ3) is 3.27. The fourth-order valence-electron chi connectivity index (χ4n) is 1.74. The van der Waals surface area contributed by atoms with E-state index in [2.05, 4.69) is 15.3 Å². The van der Waals surface area contributed by atoms with Gasteiger partial charge in [0.15, 0.2) is 0 Å². The summed E-state index contributed by atoms with van der Waals surface area (Å²) in [5.41, 5.74) is 0. The summed E-state index contributed by atoms with van der Waals surface area (Å²) in [4.78, 5) is 10.3. The molecule has 1 aliphatic carbocycles. The molecule has 0 saturated heterocycles. The van der Waals surface area contributed by atoms with Gasteiger partial charge in [-0.05, 0) is 19.8 Å². The zero-order valence-corrected chi connectivity index (χ0v) is 10.7. The second-order valence-electron chi connectivity index (χ2n) is 4.55. The third-order valence-corrected chi connectivity index (χ3v) is 2.83. The lowest BCUT2D eigenvalue weighted by atomic mass is 10.3. The Morgan fingerprint density at radius 3 is 2.72 bits per heavy atom. The van der Waals surface area contributed by atoms with Gasteiger partial charge in [-0.2, -0.15) is 0 Å². The van der Waals surface area contributed by atoms with Gasteiger partial charge < -0.3 is 10.2 Å². The van der Waals surface area contributed by atoms with Crippen molar-refractivity contribution in [2.24, 2.45) is 0 Å². The molecule has 1 N–H and O–H groups in total. The Hall–Kier alpha value is -1.46. The topological polar surface area (TPSA) is 41.0 Å². The van der Waals surface area contributed by atoms with Crippen molar-refractivity contribution in [1.82, 2.24) is 9.97 Å². The first-order valence-electron chi connectivity index (χ1n) is 6.22. The van der Waals surface area contributed by atoms with E-state index < -0.39 is 6.43 Å². The molecule has 0 spiro atoms. The number of hydrogen-bond acceptors (Lipinski definition) is 4. The van der Waals surface area contributed by atoms with E-state index in [9.17, 15) is 8.78 Å². The maximum atomic E-state index is 12.4. The molecule has 1 fully saturated rings. The van der Waals surface area contributed by atoms with Crippen LogP contribution in [0.15, 0.2) is 6.07 Å². The average Bonchev–Trinajstić information content (AvgIpc) is 3.12. The minimum Gasteiger partial charge on any atom is -0.370 e. The molecule has 6 heteroatoms. The van der Waals surface area contributed by atoms with Crippen LogP contribution < -0.4 is 10.2 Å². The second-order valence-corrected chi connectivity index (χ2v) is 4.55. The highest BCUT2D eigenvalue weighted by molar-refractivity contribution is 5.49. The number of alkyl halides is 2. The summed E-state index contributed by atoms with van der Waals surface area (Å²) < 4.78 is 24.8. The van der Waals surface area contributed by atoms with Crippen molar-refractivity contribution < 1.29 is 8.78 Å². The van der Waals surface area contributed by atoms with E-state index >= 15 is 0 Å². The molecule has 0 atom stereocenters. The van der Waals surface area contributed by atoms with E-state index in [-0.39, 0.29) is 6.54 Å². The lowest BCUT2D eigenvalue weighted by Gasteiger charge is -2.19. The molecular formula is C12H18F2N4. The van der Waals surface area contributed by atoms with Gasteiger partial charge in [-0.1, -0.05) is 0 Å². The van der Waals surface area contributed by atoms with Crippen molar-refractivity contribution in [2.75, 3.05) is 30.4 Å². The normalized spacial score (nSPS) is 14.9. The monoisotopic (exact) mass is 256 g/mol. The molecule has 1 saturated carbocycles. The van der Waals surface area contributed by atoms with Crippen LogP contribution in [-0.2, 0) is 0 Å². The Labute approximate surface area is 105 Å². The van der Waals surface area contributed by atoms with E-state index in [1.54, 1.807) is 13.1 Å².